The molecule has 292 valence electrons. The van der Waals surface area contributed by atoms with Crippen molar-refractivity contribution in [3.8, 4) is 78.4 Å². The first-order valence-electron chi connectivity index (χ1n) is 21.3. The molecule has 2 heterocycles. The number of hydrogen-bond acceptors (Lipinski definition) is 3. The Labute approximate surface area is 360 Å². The summed E-state index contributed by atoms with van der Waals surface area (Å²) >= 11 is 0. The van der Waals surface area contributed by atoms with Gasteiger partial charge in [-0.25, -0.2) is 9.97 Å². The summed E-state index contributed by atoms with van der Waals surface area (Å²) in [7, 11) is 0. The zero-order valence-corrected chi connectivity index (χ0v) is 34.4. The van der Waals surface area contributed by atoms with Crippen LogP contribution in [0.2, 0.25) is 0 Å². The van der Waals surface area contributed by atoms with Gasteiger partial charge in [-0.05, 0) is 109 Å². The van der Waals surface area contributed by atoms with Crippen molar-refractivity contribution in [3.63, 3.8) is 0 Å². The third-order valence-electron chi connectivity index (χ3n) is 12.9. The number of para-hydroxylation sites is 1. The van der Waals surface area contributed by atoms with Crippen LogP contribution in [0.15, 0.2) is 211 Å². The summed E-state index contributed by atoms with van der Waals surface area (Å²) in [6.45, 7) is 4.67. The zero-order valence-electron chi connectivity index (χ0n) is 34.4. The van der Waals surface area contributed by atoms with Crippen LogP contribution in [0.3, 0.4) is 0 Å². The molecule has 2 aromatic heterocycles. The highest BCUT2D eigenvalue weighted by atomic mass is 16.3. The van der Waals surface area contributed by atoms with E-state index in [9.17, 15) is 0 Å². The second kappa shape index (κ2) is 14.1. The minimum Gasteiger partial charge on any atom is -0.456 e. The Kier molecular flexibility index (Phi) is 8.20. The van der Waals surface area contributed by atoms with Crippen LogP contribution in [0, 0.1) is 0 Å². The summed E-state index contributed by atoms with van der Waals surface area (Å²) in [4.78, 5) is 10.6. The maximum atomic E-state index is 6.25. The van der Waals surface area contributed by atoms with Crippen molar-refractivity contribution in [2.75, 3.05) is 0 Å². The third-order valence-corrected chi connectivity index (χ3v) is 12.9. The molecule has 0 fully saturated rings. The van der Waals surface area contributed by atoms with Gasteiger partial charge in [0.25, 0.3) is 0 Å². The molecule has 9 aromatic carbocycles. The van der Waals surface area contributed by atoms with Crippen LogP contribution in [0.5, 0.6) is 0 Å². The first kappa shape index (κ1) is 36.0. The zero-order chi connectivity index (χ0) is 41.4. The molecule has 1 aliphatic rings. The summed E-state index contributed by atoms with van der Waals surface area (Å²) in [6, 6.07) is 73.8. The average molecular weight is 793 g/mol. The second-order valence-corrected chi connectivity index (χ2v) is 16.9. The number of hydrogen-bond donors (Lipinski definition) is 0. The molecule has 0 saturated heterocycles. The maximum absolute atomic E-state index is 6.25. The molecule has 1 aliphatic carbocycles. The van der Waals surface area contributed by atoms with Crippen LogP contribution in [-0.2, 0) is 5.41 Å². The van der Waals surface area contributed by atoms with Crippen molar-refractivity contribution < 1.29 is 4.42 Å². The van der Waals surface area contributed by atoms with Gasteiger partial charge in [-0.2, -0.15) is 0 Å². The fraction of sp³-hybridized carbons (Fsp3) is 0.0508. The monoisotopic (exact) mass is 792 g/mol. The van der Waals surface area contributed by atoms with Crippen molar-refractivity contribution in [3.05, 3.63) is 217 Å². The number of aromatic nitrogens is 2. The first-order valence-corrected chi connectivity index (χ1v) is 21.3. The van der Waals surface area contributed by atoms with E-state index in [1.54, 1.807) is 0 Å². The average Bonchev–Trinajstić information content (AvgIpc) is 3.82. The highest BCUT2D eigenvalue weighted by Gasteiger charge is 2.36. The standard InChI is InChI=1S/C59H40N2O/c1-59(2)51-23-10-8-20-49(51)57-47(22-13-24-52(57)59)38-26-28-39(29-27-38)53-36-54(61-58(60-53)40-15-4-3-5-16-40)44-33-42(32-43(34-44)46-21-12-17-37-14-6-7-18-45(37)46)41-30-31-56-50(35-41)48-19-9-11-25-55(48)62-56/h3-36H,1-2H3. The second-order valence-electron chi connectivity index (χ2n) is 16.9. The van der Waals surface area contributed by atoms with Gasteiger partial charge in [0, 0.05) is 32.9 Å². The van der Waals surface area contributed by atoms with E-state index in [0.717, 1.165) is 66.7 Å². The highest BCUT2D eigenvalue weighted by molar-refractivity contribution is 6.07. The van der Waals surface area contributed by atoms with E-state index in [2.05, 4.69) is 190 Å². The molecule has 0 unspecified atom stereocenters. The fourth-order valence-electron chi connectivity index (χ4n) is 9.76. The SMILES string of the molecule is CC1(C)c2ccccc2-c2c(-c3ccc(-c4cc(-c5cc(-c6ccc7oc8ccccc8c7c6)cc(-c6cccc7ccccc67)c5)nc(-c5ccccc5)n4)cc3)cccc21. The predicted octanol–water partition coefficient (Wildman–Crippen LogP) is 15.8. The largest absolute Gasteiger partial charge is 0.456 e. The Morgan fingerprint density at radius 2 is 0.952 bits per heavy atom. The lowest BCUT2D eigenvalue weighted by atomic mass is 9.82. The van der Waals surface area contributed by atoms with Gasteiger partial charge in [0.15, 0.2) is 5.82 Å². The summed E-state index contributed by atoms with van der Waals surface area (Å²) in [5.74, 6) is 0.685. The van der Waals surface area contributed by atoms with Gasteiger partial charge in [-0.15, -0.1) is 0 Å². The molecular weight excluding hydrogens is 753 g/mol. The molecule has 3 heteroatoms. The highest BCUT2D eigenvalue weighted by Crippen LogP contribution is 2.52. The van der Waals surface area contributed by atoms with Gasteiger partial charge in [0.1, 0.15) is 11.2 Å². The third kappa shape index (κ3) is 5.89. The van der Waals surface area contributed by atoms with Crippen molar-refractivity contribution in [1.29, 1.82) is 0 Å². The molecule has 12 rings (SSSR count). The predicted molar refractivity (Wildman–Crippen MR) is 257 cm³/mol. The van der Waals surface area contributed by atoms with Crippen molar-refractivity contribution in [2.45, 2.75) is 19.3 Å². The lowest BCUT2D eigenvalue weighted by Gasteiger charge is -2.21. The Morgan fingerprint density at radius 1 is 0.355 bits per heavy atom. The molecule has 0 amide bonds. The van der Waals surface area contributed by atoms with Gasteiger partial charge in [0.05, 0.1) is 11.4 Å². The van der Waals surface area contributed by atoms with E-state index in [0.29, 0.717) is 5.82 Å². The maximum Gasteiger partial charge on any atom is 0.160 e. The van der Waals surface area contributed by atoms with Crippen LogP contribution in [0.25, 0.3) is 111 Å². The lowest BCUT2D eigenvalue weighted by Crippen LogP contribution is -2.14. The molecule has 0 bridgehead atoms. The Morgan fingerprint density at radius 3 is 1.82 bits per heavy atom. The Balaban J connectivity index is 1.03. The normalized spacial score (nSPS) is 12.8. The first-order chi connectivity index (χ1) is 30.5. The number of fused-ring (bicyclic) bond motifs is 7. The van der Waals surface area contributed by atoms with Gasteiger partial charge >= 0.3 is 0 Å². The van der Waals surface area contributed by atoms with Crippen molar-refractivity contribution in [2.24, 2.45) is 0 Å². The summed E-state index contributed by atoms with van der Waals surface area (Å²) in [6.07, 6.45) is 0. The molecule has 0 saturated carbocycles. The van der Waals surface area contributed by atoms with E-state index >= 15 is 0 Å². The molecule has 0 atom stereocenters. The Bertz CT molecular complexity index is 3540. The molecule has 0 N–H and O–H groups in total. The van der Waals surface area contributed by atoms with E-state index in [-0.39, 0.29) is 5.41 Å². The number of furan rings is 1. The van der Waals surface area contributed by atoms with Gasteiger partial charge < -0.3 is 4.42 Å². The van der Waals surface area contributed by atoms with Crippen LogP contribution in [0.1, 0.15) is 25.0 Å². The van der Waals surface area contributed by atoms with Gasteiger partial charge in [0.2, 0.25) is 0 Å². The van der Waals surface area contributed by atoms with E-state index in [4.69, 9.17) is 14.4 Å². The number of rotatable bonds is 6. The molecule has 3 nitrogen and oxygen atoms in total. The molecule has 11 aromatic rings. The Hall–Kier alpha value is -7.88. The van der Waals surface area contributed by atoms with E-state index in [1.807, 2.05) is 30.3 Å². The van der Waals surface area contributed by atoms with Crippen LogP contribution < -0.4 is 0 Å². The molecule has 0 aliphatic heterocycles. The fourth-order valence-corrected chi connectivity index (χ4v) is 9.76. The molecule has 0 spiro atoms. The summed E-state index contributed by atoms with van der Waals surface area (Å²) in [5, 5.41) is 4.62. The smallest absolute Gasteiger partial charge is 0.160 e. The van der Waals surface area contributed by atoms with E-state index < -0.39 is 0 Å². The molecular formula is C59H40N2O. The van der Waals surface area contributed by atoms with E-state index in [1.165, 1.54) is 49.7 Å². The van der Waals surface area contributed by atoms with Crippen molar-refractivity contribution >= 4 is 32.7 Å². The minimum absolute atomic E-state index is 0.0573. The topological polar surface area (TPSA) is 38.9 Å². The lowest BCUT2D eigenvalue weighted by molar-refractivity contribution is 0.660. The van der Waals surface area contributed by atoms with Crippen LogP contribution in [-0.4, -0.2) is 9.97 Å². The number of nitrogens with zero attached hydrogens (tertiary/aromatic N) is 2. The number of benzene rings is 9. The molecule has 0 radical (unpaired) electrons. The van der Waals surface area contributed by atoms with Crippen LogP contribution in [0.4, 0.5) is 0 Å². The van der Waals surface area contributed by atoms with Gasteiger partial charge in [-0.1, -0.05) is 178 Å². The molecule has 62 heavy (non-hydrogen) atoms. The summed E-state index contributed by atoms with van der Waals surface area (Å²) < 4.78 is 6.25. The quantitative estimate of drug-likeness (QED) is 0.168. The minimum atomic E-state index is -0.0573. The van der Waals surface area contributed by atoms with Crippen molar-refractivity contribution in [1.82, 2.24) is 9.97 Å². The summed E-state index contributed by atoms with van der Waals surface area (Å²) in [5.41, 5.74) is 18.8. The van der Waals surface area contributed by atoms with Gasteiger partial charge in [-0.3, -0.25) is 0 Å². The van der Waals surface area contributed by atoms with Crippen LogP contribution >= 0.6 is 0 Å².